The van der Waals surface area contributed by atoms with Crippen LogP contribution in [-0.2, 0) is 20.7 Å². The van der Waals surface area contributed by atoms with E-state index in [4.69, 9.17) is 4.74 Å². The van der Waals surface area contributed by atoms with Gasteiger partial charge in [-0.05, 0) is 25.0 Å². The Morgan fingerprint density at radius 3 is 2.56 bits per heavy atom. The van der Waals surface area contributed by atoms with Gasteiger partial charge in [-0.1, -0.05) is 24.3 Å². The Bertz CT molecular complexity index is 383. The summed E-state index contributed by atoms with van der Waals surface area (Å²) < 4.78 is 4.72. The van der Waals surface area contributed by atoms with Crippen LogP contribution in [0.25, 0.3) is 0 Å². The standard InChI is InChI=1S/C13H16O3/c1-3-16-13(15)9-12(14)8-11-7-5-4-6-10(11)2/h4-7H,3,8-9H2,1-2H3. The molecule has 0 atom stereocenters. The summed E-state index contributed by atoms with van der Waals surface area (Å²) in [6.45, 7) is 3.99. The lowest BCUT2D eigenvalue weighted by Crippen LogP contribution is -2.13. The molecule has 0 saturated carbocycles. The molecule has 3 heteroatoms. The molecule has 0 aliphatic rings. The van der Waals surface area contributed by atoms with Crippen molar-refractivity contribution in [3.8, 4) is 0 Å². The second-order valence-electron chi connectivity index (χ2n) is 3.62. The third kappa shape index (κ3) is 3.85. The van der Waals surface area contributed by atoms with E-state index in [0.717, 1.165) is 11.1 Å². The Balaban J connectivity index is 2.52. The average Bonchev–Trinajstić information content (AvgIpc) is 2.21. The van der Waals surface area contributed by atoms with Gasteiger partial charge in [0.2, 0.25) is 0 Å². The van der Waals surface area contributed by atoms with E-state index >= 15 is 0 Å². The Morgan fingerprint density at radius 1 is 1.25 bits per heavy atom. The summed E-state index contributed by atoms with van der Waals surface area (Å²) in [4.78, 5) is 22.6. The molecule has 1 aromatic carbocycles. The van der Waals surface area contributed by atoms with E-state index in [1.165, 1.54) is 0 Å². The number of hydrogen-bond donors (Lipinski definition) is 0. The largest absolute Gasteiger partial charge is 0.466 e. The zero-order valence-corrected chi connectivity index (χ0v) is 9.66. The van der Waals surface area contributed by atoms with Crippen LogP contribution in [0, 0.1) is 6.92 Å². The van der Waals surface area contributed by atoms with E-state index < -0.39 is 5.97 Å². The molecule has 86 valence electrons. The summed E-state index contributed by atoms with van der Waals surface area (Å²) in [6.07, 6.45) is 0.160. The highest BCUT2D eigenvalue weighted by Gasteiger charge is 2.11. The molecule has 0 spiro atoms. The minimum atomic E-state index is -0.443. The normalized spacial score (nSPS) is 9.88. The van der Waals surface area contributed by atoms with Crippen LogP contribution in [-0.4, -0.2) is 18.4 Å². The fourth-order valence-corrected chi connectivity index (χ4v) is 1.46. The predicted octanol–water partition coefficient (Wildman–Crippen LogP) is 2.06. The van der Waals surface area contributed by atoms with Gasteiger partial charge in [-0.15, -0.1) is 0 Å². The van der Waals surface area contributed by atoms with Gasteiger partial charge in [-0.25, -0.2) is 0 Å². The molecule has 0 saturated heterocycles. The maximum Gasteiger partial charge on any atom is 0.313 e. The second-order valence-corrected chi connectivity index (χ2v) is 3.62. The van der Waals surface area contributed by atoms with Crippen molar-refractivity contribution in [2.24, 2.45) is 0 Å². The lowest BCUT2D eigenvalue weighted by Gasteiger charge is -2.04. The van der Waals surface area contributed by atoms with Gasteiger partial charge in [0.1, 0.15) is 12.2 Å². The molecular formula is C13H16O3. The van der Waals surface area contributed by atoms with Crippen molar-refractivity contribution in [2.45, 2.75) is 26.7 Å². The van der Waals surface area contributed by atoms with Gasteiger partial charge in [0.25, 0.3) is 0 Å². The number of carbonyl (C=O) groups is 2. The van der Waals surface area contributed by atoms with Crippen molar-refractivity contribution in [1.29, 1.82) is 0 Å². The zero-order valence-electron chi connectivity index (χ0n) is 9.66. The number of esters is 1. The van der Waals surface area contributed by atoms with E-state index in [1.807, 2.05) is 31.2 Å². The lowest BCUT2D eigenvalue weighted by atomic mass is 10.0. The average molecular weight is 220 g/mol. The predicted molar refractivity (Wildman–Crippen MR) is 61.1 cm³/mol. The highest BCUT2D eigenvalue weighted by molar-refractivity contribution is 5.96. The topological polar surface area (TPSA) is 43.4 Å². The van der Waals surface area contributed by atoms with Crippen LogP contribution in [0.2, 0.25) is 0 Å². The molecule has 0 aliphatic carbocycles. The molecule has 0 bridgehead atoms. The second kappa shape index (κ2) is 6.05. The third-order valence-electron chi connectivity index (χ3n) is 2.30. The van der Waals surface area contributed by atoms with Gasteiger partial charge < -0.3 is 4.74 Å². The number of ether oxygens (including phenoxy) is 1. The van der Waals surface area contributed by atoms with Crippen LogP contribution in [0.4, 0.5) is 0 Å². The van der Waals surface area contributed by atoms with Crippen LogP contribution in [0.3, 0.4) is 0 Å². The van der Waals surface area contributed by atoms with Gasteiger partial charge >= 0.3 is 5.97 Å². The number of Topliss-reactive ketones (excluding diaryl/α,β-unsaturated/α-hetero) is 1. The molecule has 16 heavy (non-hydrogen) atoms. The van der Waals surface area contributed by atoms with E-state index in [9.17, 15) is 9.59 Å². The molecule has 0 fully saturated rings. The van der Waals surface area contributed by atoms with E-state index in [1.54, 1.807) is 6.92 Å². The van der Waals surface area contributed by atoms with Crippen molar-refractivity contribution in [2.75, 3.05) is 6.61 Å². The number of rotatable bonds is 5. The Labute approximate surface area is 95.4 Å². The summed E-state index contributed by atoms with van der Waals surface area (Å²) in [7, 11) is 0. The van der Waals surface area contributed by atoms with Crippen molar-refractivity contribution < 1.29 is 14.3 Å². The molecule has 0 radical (unpaired) electrons. The SMILES string of the molecule is CCOC(=O)CC(=O)Cc1ccccc1C. The first-order valence-electron chi connectivity index (χ1n) is 5.35. The summed E-state index contributed by atoms with van der Waals surface area (Å²) in [5.41, 5.74) is 2.04. The van der Waals surface area contributed by atoms with Crippen LogP contribution in [0.1, 0.15) is 24.5 Å². The third-order valence-corrected chi connectivity index (χ3v) is 2.30. The minimum absolute atomic E-state index is 0.104. The minimum Gasteiger partial charge on any atom is -0.466 e. The molecule has 0 amide bonds. The van der Waals surface area contributed by atoms with Crippen LogP contribution in [0.5, 0.6) is 0 Å². The van der Waals surface area contributed by atoms with Crippen molar-refractivity contribution in [3.05, 3.63) is 35.4 Å². The van der Waals surface area contributed by atoms with Crippen molar-refractivity contribution >= 4 is 11.8 Å². The molecule has 0 heterocycles. The molecule has 1 aromatic rings. The fraction of sp³-hybridized carbons (Fsp3) is 0.385. The van der Waals surface area contributed by atoms with Crippen LogP contribution < -0.4 is 0 Å². The quantitative estimate of drug-likeness (QED) is 0.563. The zero-order chi connectivity index (χ0) is 12.0. The fourth-order valence-electron chi connectivity index (χ4n) is 1.46. The van der Waals surface area contributed by atoms with Gasteiger partial charge in [0, 0.05) is 6.42 Å². The number of carbonyl (C=O) groups excluding carboxylic acids is 2. The summed E-state index contributed by atoms with van der Waals surface area (Å²) >= 11 is 0. The smallest absolute Gasteiger partial charge is 0.313 e. The van der Waals surface area contributed by atoms with E-state index in [0.29, 0.717) is 13.0 Å². The molecule has 3 nitrogen and oxygen atoms in total. The van der Waals surface area contributed by atoms with Gasteiger partial charge in [-0.2, -0.15) is 0 Å². The molecule has 1 rings (SSSR count). The van der Waals surface area contributed by atoms with Gasteiger partial charge in [0.05, 0.1) is 6.61 Å². The summed E-state index contributed by atoms with van der Waals surface area (Å²) in [6, 6.07) is 7.67. The molecule has 0 N–H and O–H groups in total. The Kier molecular flexibility index (Phi) is 4.70. The summed E-state index contributed by atoms with van der Waals surface area (Å²) in [5.74, 6) is -0.547. The maximum atomic E-state index is 11.5. The molecule has 0 unspecified atom stereocenters. The number of benzene rings is 1. The number of aryl methyl sites for hydroxylation is 1. The van der Waals surface area contributed by atoms with Crippen LogP contribution in [0.15, 0.2) is 24.3 Å². The van der Waals surface area contributed by atoms with Crippen molar-refractivity contribution in [1.82, 2.24) is 0 Å². The van der Waals surface area contributed by atoms with E-state index in [-0.39, 0.29) is 12.2 Å². The van der Waals surface area contributed by atoms with E-state index in [2.05, 4.69) is 0 Å². The Hall–Kier alpha value is -1.64. The van der Waals surface area contributed by atoms with Gasteiger partial charge in [0.15, 0.2) is 0 Å². The first kappa shape index (κ1) is 12.4. The monoisotopic (exact) mass is 220 g/mol. The van der Waals surface area contributed by atoms with Crippen LogP contribution >= 0.6 is 0 Å². The first-order valence-corrected chi connectivity index (χ1v) is 5.35. The maximum absolute atomic E-state index is 11.5. The van der Waals surface area contributed by atoms with Crippen molar-refractivity contribution in [3.63, 3.8) is 0 Å². The molecule has 0 aliphatic heterocycles. The Morgan fingerprint density at radius 2 is 1.94 bits per heavy atom. The van der Waals surface area contributed by atoms with Gasteiger partial charge in [-0.3, -0.25) is 9.59 Å². The molecule has 0 aromatic heterocycles. The number of ketones is 1. The lowest BCUT2D eigenvalue weighted by molar-refractivity contribution is -0.145. The molecular weight excluding hydrogens is 204 g/mol. The highest BCUT2D eigenvalue weighted by Crippen LogP contribution is 2.09. The summed E-state index contributed by atoms with van der Waals surface area (Å²) in [5, 5.41) is 0. The first-order chi connectivity index (χ1) is 7.63. The number of hydrogen-bond acceptors (Lipinski definition) is 3. The highest BCUT2D eigenvalue weighted by atomic mass is 16.5.